The highest BCUT2D eigenvalue weighted by Gasteiger charge is 2.52. The second-order valence-electron chi connectivity index (χ2n) is 19.3. The number of phosphoric ester groups is 1. The van der Waals surface area contributed by atoms with Gasteiger partial charge in [0.05, 0.1) is 0 Å². The van der Waals surface area contributed by atoms with Crippen LogP contribution in [0.4, 0.5) is 0 Å². The van der Waals surface area contributed by atoms with Crippen LogP contribution in [0, 0.1) is 0 Å². The van der Waals surface area contributed by atoms with E-state index in [9.17, 15) is 9.46 Å². The minimum atomic E-state index is -4.64. The molecule has 0 bridgehead atoms. The van der Waals surface area contributed by atoms with Crippen molar-refractivity contribution in [3.63, 3.8) is 0 Å². The summed E-state index contributed by atoms with van der Waals surface area (Å²) < 4.78 is 27.2. The van der Waals surface area contributed by atoms with Crippen molar-refractivity contribution in [3.8, 4) is 33.8 Å². The molecule has 50 heavy (non-hydrogen) atoms. The van der Waals surface area contributed by atoms with Gasteiger partial charge in [-0.25, -0.2) is 4.57 Å². The summed E-state index contributed by atoms with van der Waals surface area (Å²) >= 11 is 0. The Hall–Kier alpha value is -3.33. The van der Waals surface area contributed by atoms with Gasteiger partial charge in [-0.2, -0.15) is 0 Å². The molecule has 0 aromatic heterocycles. The highest BCUT2D eigenvalue weighted by molar-refractivity contribution is 7.48. The molecule has 264 valence electrons. The van der Waals surface area contributed by atoms with Crippen molar-refractivity contribution in [1.82, 2.24) is 0 Å². The predicted octanol–water partition coefficient (Wildman–Crippen LogP) is 12.3. The maximum atomic E-state index is 14.4. The molecule has 0 saturated heterocycles. The van der Waals surface area contributed by atoms with E-state index in [-0.39, 0.29) is 27.1 Å². The molecule has 3 aliphatic rings. The first kappa shape index (κ1) is 35.1. The molecule has 4 aromatic carbocycles. The molecule has 2 aliphatic carbocycles. The monoisotopic (exact) mass is 690 g/mol. The number of hydrogen-bond acceptors (Lipinski definition) is 3. The van der Waals surface area contributed by atoms with E-state index in [0.29, 0.717) is 11.5 Å². The van der Waals surface area contributed by atoms with Crippen molar-refractivity contribution in [2.45, 2.75) is 136 Å². The molecule has 4 aromatic rings. The summed E-state index contributed by atoms with van der Waals surface area (Å²) in [4.78, 5) is 11.8. The summed E-state index contributed by atoms with van der Waals surface area (Å²) in [7, 11) is -4.64. The molecule has 1 N–H and O–H groups in total. The summed E-state index contributed by atoms with van der Waals surface area (Å²) in [6.07, 6.45) is 3.59. The van der Waals surface area contributed by atoms with Crippen LogP contribution >= 0.6 is 7.82 Å². The molecule has 7 rings (SSSR count). The normalized spacial score (nSPS) is 17.7. The third-order valence-electron chi connectivity index (χ3n) is 11.5. The van der Waals surface area contributed by atoms with Crippen LogP contribution in [0.1, 0.15) is 140 Å². The van der Waals surface area contributed by atoms with E-state index in [1.807, 2.05) is 0 Å². The van der Waals surface area contributed by atoms with Crippen molar-refractivity contribution in [3.05, 3.63) is 105 Å². The van der Waals surface area contributed by atoms with Gasteiger partial charge in [0.15, 0.2) is 0 Å². The van der Waals surface area contributed by atoms with Crippen LogP contribution < -0.4 is 9.05 Å². The maximum Gasteiger partial charge on any atom is 0.584 e. The van der Waals surface area contributed by atoms with Gasteiger partial charge < -0.3 is 9.05 Å². The van der Waals surface area contributed by atoms with E-state index in [1.54, 1.807) is 0 Å². The third kappa shape index (κ3) is 5.85. The largest absolute Gasteiger partial charge is 0.584 e. The predicted molar refractivity (Wildman–Crippen MR) is 207 cm³/mol. The number of aryl methyl sites for hydroxylation is 2. The van der Waals surface area contributed by atoms with Crippen molar-refractivity contribution in [2.24, 2.45) is 0 Å². The molecule has 1 spiro atoms. The Morgan fingerprint density at radius 2 is 0.860 bits per heavy atom. The summed E-state index contributed by atoms with van der Waals surface area (Å²) in [6, 6.07) is 22.2. The van der Waals surface area contributed by atoms with Gasteiger partial charge in [-0.3, -0.25) is 4.89 Å². The fourth-order valence-corrected chi connectivity index (χ4v) is 9.23. The van der Waals surface area contributed by atoms with E-state index < -0.39 is 7.82 Å². The lowest BCUT2D eigenvalue weighted by atomic mass is 9.73. The standard InChI is InChI=1S/C45H55O4P/c1-41(2,3)31-21-29(22-32(25-31)42(4,5)6)35-15-13-27-17-19-45-20-18-28-14-16-36(40(38(28)45)49-50(46,47)48-39(35)37(27)45)30-23-33(43(7,8)9)26-34(24-30)44(10,11)12/h13-16,21-26H,17-20H2,1-12H3,(H,46,47). The fourth-order valence-electron chi connectivity index (χ4n) is 8.35. The summed E-state index contributed by atoms with van der Waals surface area (Å²) in [5.74, 6) is 1.01. The smallest absolute Gasteiger partial charge is 0.394 e. The number of rotatable bonds is 2. The molecule has 5 heteroatoms. The topological polar surface area (TPSA) is 55.8 Å². The van der Waals surface area contributed by atoms with Crippen molar-refractivity contribution >= 4 is 7.82 Å². The highest BCUT2D eigenvalue weighted by Crippen LogP contribution is 2.65. The SMILES string of the molecule is CC(C)(C)c1cc(-c2ccc3c4c2OP(=O)(O)Oc2c(-c5cc(C(C)(C)C)cc(C(C)(C)C)c5)ccc5c2C4(CC3)CC5)cc(C(C)(C)C)c1. The molecule has 0 saturated carbocycles. The van der Waals surface area contributed by atoms with Crippen molar-refractivity contribution in [2.75, 3.05) is 0 Å². The van der Waals surface area contributed by atoms with Crippen molar-refractivity contribution in [1.29, 1.82) is 0 Å². The second-order valence-corrected chi connectivity index (χ2v) is 20.6. The molecular weight excluding hydrogens is 635 g/mol. The zero-order valence-corrected chi connectivity index (χ0v) is 33.1. The Bertz CT molecular complexity index is 1880. The minimum Gasteiger partial charge on any atom is -0.394 e. The molecule has 0 amide bonds. The Labute approximate surface area is 300 Å². The number of hydrogen-bond donors (Lipinski definition) is 1. The Kier molecular flexibility index (Phi) is 7.78. The van der Waals surface area contributed by atoms with Crippen LogP contribution in [0.2, 0.25) is 0 Å². The molecule has 0 fully saturated rings. The van der Waals surface area contributed by atoms with Gasteiger partial charge in [0.25, 0.3) is 0 Å². The first-order valence-electron chi connectivity index (χ1n) is 18.4. The summed E-state index contributed by atoms with van der Waals surface area (Å²) in [6.45, 7) is 26.8. The molecule has 0 atom stereocenters. The van der Waals surface area contributed by atoms with Gasteiger partial charge in [0.1, 0.15) is 11.5 Å². The molecule has 0 radical (unpaired) electrons. The lowest BCUT2D eigenvalue weighted by Gasteiger charge is -2.35. The minimum absolute atomic E-state index is 0.0807. The Morgan fingerprint density at radius 3 is 1.16 bits per heavy atom. The fraction of sp³-hybridized carbons (Fsp3) is 0.467. The molecule has 0 unspecified atom stereocenters. The van der Waals surface area contributed by atoms with Crippen molar-refractivity contribution < 1.29 is 18.5 Å². The van der Waals surface area contributed by atoms with Gasteiger partial charge in [-0.05, 0) is 91.9 Å². The van der Waals surface area contributed by atoms with Gasteiger partial charge in [0.2, 0.25) is 0 Å². The molecule has 1 aliphatic heterocycles. The first-order chi connectivity index (χ1) is 23.0. The average molecular weight is 691 g/mol. The van der Waals surface area contributed by atoms with E-state index in [4.69, 9.17) is 9.05 Å². The van der Waals surface area contributed by atoms with E-state index in [0.717, 1.165) is 59.1 Å². The van der Waals surface area contributed by atoms with E-state index >= 15 is 0 Å². The Balaban J connectivity index is 1.51. The zero-order chi connectivity index (χ0) is 36.4. The molecular formula is C45H55O4P. The second kappa shape index (κ2) is 11.1. The molecule has 1 heterocycles. The van der Waals surface area contributed by atoms with Crippen LogP contribution in [-0.4, -0.2) is 4.89 Å². The lowest BCUT2D eigenvalue weighted by molar-refractivity contribution is 0.281. The number of phosphoric acid groups is 1. The van der Waals surface area contributed by atoms with Crippen LogP contribution in [0.15, 0.2) is 60.7 Å². The van der Waals surface area contributed by atoms with E-state index in [1.165, 1.54) is 33.4 Å². The van der Waals surface area contributed by atoms with Gasteiger partial charge in [-0.1, -0.05) is 144 Å². The number of benzene rings is 4. The van der Waals surface area contributed by atoms with Gasteiger partial charge in [-0.15, -0.1) is 0 Å². The Morgan fingerprint density at radius 1 is 0.540 bits per heavy atom. The lowest BCUT2D eigenvalue weighted by Crippen LogP contribution is -2.25. The first-order valence-corrected chi connectivity index (χ1v) is 19.9. The van der Waals surface area contributed by atoms with Gasteiger partial charge in [0, 0.05) is 27.7 Å². The maximum absolute atomic E-state index is 14.4. The quantitative estimate of drug-likeness (QED) is 0.213. The average Bonchev–Trinajstić information content (AvgIpc) is 3.55. The van der Waals surface area contributed by atoms with Crippen LogP contribution in [0.5, 0.6) is 11.5 Å². The summed E-state index contributed by atoms with van der Waals surface area (Å²) in [5, 5.41) is 0. The zero-order valence-electron chi connectivity index (χ0n) is 32.2. The highest BCUT2D eigenvalue weighted by atomic mass is 31.2. The van der Waals surface area contributed by atoms with E-state index in [2.05, 4.69) is 144 Å². The van der Waals surface area contributed by atoms with Crippen LogP contribution in [0.25, 0.3) is 22.3 Å². The van der Waals surface area contributed by atoms with Crippen LogP contribution in [-0.2, 0) is 44.5 Å². The molecule has 4 nitrogen and oxygen atoms in total. The van der Waals surface area contributed by atoms with Gasteiger partial charge >= 0.3 is 7.82 Å². The third-order valence-corrected chi connectivity index (χ3v) is 12.3. The van der Waals surface area contributed by atoms with Crippen LogP contribution in [0.3, 0.4) is 0 Å². The summed E-state index contributed by atoms with van der Waals surface area (Å²) in [5.41, 5.74) is 12.4.